The van der Waals surface area contributed by atoms with Crippen molar-refractivity contribution in [2.75, 3.05) is 5.73 Å². The van der Waals surface area contributed by atoms with Gasteiger partial charge in [0, 0.05) is 17.0 Å². The minimum Gasteiger partial charge on any atom is -0.398 e. The molecule has 0 spiro atoms. The summed E-state index contributed by atoms with van der Waals surface area (Å²) >= 11 is 1.76. The van der Waals surface area contributed by atoms with Gasteiger partial charge >= 0.3 is 0 Å². The van der Waals surface area contributed by atoms with Crippen LogP contribution in [0.5, 0.6) is 0 Å². The average Bonchev–Trinajstić information content (AvgIpc) is 2.59. The van der Waals surface area contributed by atoms with Gasteiger partial charge in [-0.15, -0.1) is 11.3 Å². The second-order valence-electron chi connectivity index (χ2n) is 6.08. The number of nitrogens with two attached hydrogens (primary N) is 1. The van der Waals surface area contributed by atoms with Crippen molar-refractivity contribution in [3.8, 4) is 0 Å². The molecule has 2 aromatic rings. The molecule has 19 heavy (non-hydrogen) atoms. The summed E-state index contributed by atoms with van der Waals surface area (Å²) in [7, 11) is 0. The molecule has 0 saturated carbocycles. The summed E-state index contributed by atoms with van der Waals surface area (Å²) in [5.74, 6) is 0. The van der Waals surface area contributed by atoms with Crippen molar-refractivity contribution in [1.29, 1.82) is 0 Å². The molecule has 2 rings (SSSR count). The third-order valence-corrected chi connectivity index (χ3v) is 4.44. The van der Waals surface area contributed by atoms with E-state index in [0.29, 0.717) is 0 Å². The summed E-state index contributed by atoms with van der Waals surface area (Å²) in [6.45, 7) is 10.7. The SMILES string of the molecule is Cc1nc(C)c(Cc2ccc(C(C)(C)C)cc2N)s1. The lowest BCUT2D eigenvalue weighted by molar-refractivity contribution is 0.590. The molecule has 0 fully saturated rings. The fraction of sp³-hybridized carbons (Fsp3) is 0.438. The van der Waals surface area contributed by atoms with Crippen LogP contribution in [0, 0.1) is 13.8 Å². The number of thiazole rings is 1. The van der Waals surface area contributed by atoms with Crippen molar-refractivity contribution >= 4 is 17.0 Å². The zero-order valence-electron chi connectivity index (χ0n) is 12.4. The molecular formula is C16H22N2S. The van der Waals surface area contributed by atoms with E-state index in [4.69, 9.17) is 5.73 Å². The highest BCUT2D eigenvalue weighted by atomic mass is 32.1. The van der Waals surface area contributed by atoms with Crippen LogP contribution in [-0.4, -0.2) is 4.98 Å². The number of anilines is 1. The number of nitrogens with zero attached hydrogens (tertiary/aromatic N) is 1. The Balaban J connectivity index is 2.30. The van der Waals surface area contributed by atoms with E-state index in [2.05, 4.69) is 50.9 Å². The first-order valence-electron chi connectivity index (χ1n) is 6.59. The molecule has 0 amide bonds. The first kappa shape index (κ1) is 14.1. The molecule has 0 aliphatic carbocycles. The molecule has 0 bridgehead atoms. The zero-order valence-corrected chi connectivity index (χ0v) is 13.2. The molecular weight excluding hydrogens is 252 g/mol. The number of rotatable bonds is 2. The quantitative estimate of drug-likeness (QED) is 0.832. The van der Waals surface area contributed by atoms with Gasteiger partial charge < -0.3 is 5.73 Å². The van der Waals surface area contributed by atoms with Crippen LogP contribution in [0.15, 0.2) is 18.2 Å². The van der Waals surface area contributed by atoms with E-state index in [-0.39, 0.29) is 5.41 Å². The van der Waals surface area contributed by atoms with Crippen LogP contribution < -0.4 is 5.73 Å². The van der Waals surface area contributed by atoms with Crippen LogP contribution in [0.2, 0.25) is 0 Å². The van der Waals surface area contributed by atoms with Crippen molar-refractivity contribution in [3.63, 3.8) is 0 Å². The summed E-state index contributed by atoms with van der Waals surface area (Å²) in [4.78, 5) is 5.78. The standard InChI is InChI=1S/C16H22N2S/c1-10-15(19-11(2)18-10)8-12-6-7-13(9-14(12)17)16(3,4)5/h6-7,9H,8,17H2,1-5H3. The number of nitrogen functional groups attached to an aromatic ring is 1. The summed E-state index contributed by atoms with van der Waals surface area (Å²) in [6.07, 6.45) is 0.883. The van der Waals surface area contributed by atoms with Crippen molar-refractivity contribution < 1.29 is 0 Å². The zero-order chi connectivity index (χ0) is 14.2. The molecule has 0 saturated heterocycles. The van der Waals surface area contributed by atoms with Crippen LogP contribution in [-0.2, 0) is 11.8 Å². The second-order valence-corrected chi connectivity index (χ2v) is 7.37. The van der Waals surface area contributed by atoms with Gasteiger partial charge in [0.05, 0.1) is 10.7 Å². The Morgan fingerprint density at radius 3 is 2.37 bits per heavy atom. The molecule has 1 heterocycles. The van der Waals surface area contributed by atoms with Crippen LogP contribution >= 0.6 is 11.3 Å². The summed E-state index contributed by atoms with van der Waals surface area (Å²) in [6, 6.07) is 6.46. The third kappa shape index (κ3) is 3.16. The van der Waals surface area contributed by atoms with Gasteiger partial charge in [0.2, 0.25) is 0 Å². The van der Waals surface area contributed by atoms with Crippen molar-refractivity contribution in [1.82, 2.24) is 4.98 Å². The summed E-state index contributed by atoms with van der Waals surface area (Å²) in [5.41, 5.74) is 10.8. The van der Waals surface area contributed by atoms with Gasteiger partial charge in [0.1, 0.15) is 0 Å². The monoisotopic (exact) mass is 274 g/mol. The number of aryl methyl sites for hydroxylation is 2. The Hall–Kier alpha value is -1.35. The van der Waals surface area contributed by atoms with Crippen LogP contribution in [0.3, 0.4) is 0 Å². The van der Waals surface area contributed by atoms with Crippen LogP contribution in [0.25, 0.3) is 0 Å². The Bertz CT molecular complexity index is 591. The van der Waals surface area contributed by atoms with E-state index in [0.717, 1.165) is 22.8 Å². The molecule has 2 N–H and O–H groups in total. The van der Waals surface area contributed by atoms with E-state index in [9.17, 15) is 0 Å². The van der Waals surface area contributed by atoms with Gasteiger partial charge in [-0.2, -0.15) is 0 Å². The number of hydrogen-bond donors (Lipinski definition) is 1. The first-order valence-corrected chi connectivity index (χ1v) is 7.41. The maximum atomic E-state index is 6.21. The van der Waals surface area contributed by atoms with Crippen molar-refractivity contribution in [3.05, 3.63) is 44.9 Å². The number of aromatic nitrogens is 1. The fourth-order valence-corrected chi connectivity index (χ4v) is 3.09. The van der Waals surface area contributed by atoms with Gasteiger partial charge in [-0.25, -0.2) is 4.98 Å². The highest BCUT2D eigenvalue weighted by Crippen LogP contribution is 2.28. The van der Waals surface area contributed by atoms with E-state index in [1.165, 1.54) is 16.0 Å². The van der Waals surface area contributed by atoms with Crippen LogP contribution in [0.1, 0.15) is 47.5 Å². The molecule has 102 valence electrons. The van der Waals surface area contributed by atoms with E-state index < -0.39 is 0 Å². The molecule has 0 aliphatic rings. The van der Waals surface area contributed by atoms with Gasteiger partial charge in [0.15, 0.2) is 0 Å². The maximum absolute atomic E-state index is 6.21. The molecule has 2 nitrogen and oxygen atoms in total. The highest BCUT2D eigenvalue weighted by Gasteiger charge is 2.15. The maximum Gasteiger partial charge on any atom is 0.0900 e. The number of benzene rings is 1. The molecule has 0 atom stereocenters. The molecule has 0 radical (unpaired) electrons. The molecule has 1 aromatic carbocycles. The molecule has 0 unspecified atom stereocenters. The summed E-state index contributed by atoms with van der Waals surface area (Å²) in [5, 5.41) is 1.12. The van der Waals surface area contributed by atoms with Gasteiger partial charge in [-0.05, 0) is 36.5 Å². The van der Waals surface area contributed by atoms with E-state index in [1.54, 1.807) is 11.3 Å². The lowest BCUT2D eigenvalue weighted by Crippen LogP contribution is -2.12. The normalized spacial score (nSPS) is 11.8. The predicted octanol–water partition coefficient (Wildman–Crippen LogP) is 4.23. The lowest BCUT2D eigenvalue weighted by Gasteiger charge is -2.20. The van der Waals surface area contributed by atoms with E-state index in [1.807, 2.05) is 6.92 Å². The lowest BCUT2D eigenvalue weighted by atomic mass is 9.86. The molecule has 1 aromatic heterocycles. The second kappa shape index (κ2) is 4.97. The van der Waals surface area contributed by atoms with E-state index >= 15 is 0 Å². The Labute approximate surface area is 119 Å². The van der Waals surface area contributed by atoms with Gasteiger partial charge in [-0.3, -0.25) is 0 Å². The number of hydrogen-bond acceptors (Lipinski definition) is 3. The minimum atomic E-state index is 0.143. The van der Waals surface area contributed by atoms with Gasteiger partial charge in [0.25, 0.3) is 0 Å². The predicted molar refractivity (Wildman–Crippen MR) is 83.9 cm³/mol. The Morgan fingerprint density at radius 2 is 1.89 bits per heavy atom. The largest absolute Gasteiger partial charge is 0.398 e. The first-order chi connectivity index (χ1) is 8.77. The molecule has 0 aliphatic heterocycles. The van der Waals surface area contributed by atoms with Crippen molar-refractivity contribution in [2.24, 2.45) is 0 Å². The minimum absolute atomic E-state index is 0.143. The Morgan fingerprint density at radius 1 is 1.21 bits per heavy atom. The highest BCUT2D eigenvalue weighted by molar-refractivity contribution is 7.11. The van der Waals surface area contributed by atoms with Crippen molar-refractivity contribution in [2.45, 2.75) is 46.5 Å². The third-order valence-electron chi connectivity index (χ3n) is 3.36. The average molecular weight is 274 g/mol. The molecule has 3 heteroatoms. The van der Waals surface area contributed by atoms with Crippen LogP contribution in [0.4, 0.5) is 5.69 Å². The summed E-state index contributed by atoms with van der Waals surface area (Å²) < 4.78 is 0. The topological polar surface area (TPSA) is 38.9 Å². The fourth-order valence-electron chi connectivity index (χ4n) is 2.13. The van der Waals surface area contributed by atoms with Gasteiger partial charge in [-0.1, -0.05) is 32.9 Å². The smallest absolute Gasteiger partial charge is 0.0900 e. The Kier molecular flexibility index (Phi) is 3.68.